The molecule has 1 amide bonds. The van der Waals surface area contributed by atoms with Crippen LogP contribution in [0.5, 0.6) is 0 Å². The number of amides is 1. The second kappa shape index (κ2) is 7.07. The number of aromatic nitrogens is 2. The zero-order valence-electron chi connectivity index (χ0n) is 15.4. The first kappa shape index (κ1) is 18.7. The maximum absolute atomic E-state index is 12.7. The van der Waals surface area contributed by atoms with Crippen LogP contribution in [0.15, 0.2) is 36.7 Å². The Hall–Kier alpha value is -2.64. The molecule has 0 radical (unpaired) electrons. The van der Waals surface area contributed by atoms with Crippen LogP contribution in [0.4, 0.5) is 19.0 Å². The number of anilines is 1. The van der Waals surface area contributed by atoms with E-state index in [4.69, 9.17) is 0 Å². The molecule has 2 aliphatic carbocycles. The highest BCUT2D eigenvalue weighted by molar-refractivity contribution is 5.94. The van der Waals surface area contributed by atoms with Crippen molar-refractivity contribution in [2.45, 2.75) is 49.9 Å². The summed E-state index contributed by atoms with van der Waals surface area (Å²) in [7, 11) is 1.79. The van der Waals surface area contributed by atoms with Crippen LogP contribution in [0.2, 0.25) is 0 Å². The van der Waals surface area contributed by atoms with Gasteiger partial charge in [0.1, 0.15) is 5.82 Å². The van der Waals surface area contributed by atoms with Crippen molar-refractivity contribution in [2.75, 3.05) is 12.4 Å². The second-order valence-corrected chi connectivity index (χ2v) is 7.56. The van der Waals surface area contributed by atoms with Crippen molar-refractivity contribution in [1.29, 1.82) is 0 Å². The molecule has 0 atom stereocenters. The summed E-state index contributed by atoms with van der Waals surface area (Å²) < 4.78 is 37.8. The van der Waals surface area contributed by atoms with Gasteiger partial charge in [-0.1, -0.05) is 0 Å². The molecule has 0 spiro atoms. The number of halogens is 3. The van der Waals surface area contributed by atoms with Crippen molar-refractivity contribution in [1.82, 2.24) is 14.9 Å². The molecule has 2 aromatic heterocycles. The van der Waals surface area contributed by atoms with Gasteiger partial charge in [-0.3, -0.25) is 9.78 Å². The number of pyridine rings is 2. The molecule has 0 aliphatic heterocycles. The quantitative estimate of drug-likeness (QED) is 0.836. The molecule has 2 heterocycles. The van der Waals surface area contributed by atoms with Gasteiger partial charge in [0, 0.05) is 48.7 Å². The molecule has 0 unspecified atom stereocenters. The highest BCUT2D eigenvalue weighted by atomic mass is 19.4. The third-order valence-electron chi connectivity index (χ3n) is 5.45. The Morgan fingerprint density at radius 3 is 2.54 bits per heavy atom. The highest BCUT2D eigenvalue weighted by Crippen LogP contribution is 2.39. The molecule has 148 valence electrons. The SMILES string of the molecule is CN(C(=O)c1ccnc(C2CC2)c1)C1CC(Nc2ccc(C(F)(F)F)cn2)C1. The zero-order chi connectivity index (χ0) is 19.9. The molecule has 0 bridgehead atoms. The maximum Gasteiger partial charge on any atom is 0.417 e. The van der Waals surface area contributed by atoms with Crippen LogP contribution in [0.25, 0.3) is 0 Å². The smallest absolute Gasteiger partial charge is 0.367 e. The van der Waals surface area contributed by atoms with E-state index >= 15 is 0 Å². The molecule has 8 heteroatoms. The Bertz CT molecular complexity index is 858. The topological polar surface area (TPSA) is 58.1 Å². The van der Waals surface area contributed by atoms with Crippen LogP contribution in [0.1, 0.15) is 53.2 Å². The van der Waals surface area contributed by atoms with Crippen LogP contribution in [-0.2, 0) is 6.18 Å². The average Bonchev–Trinajstić information content (AvgIpc) is 3.48. The lowest BCUT2D eigenvalue weighted by Gasteiger charge is -2.41. The lowest BCUT2D eigenvalue weighted by molar-refractivity contribution is -0.137. The number of hydrogen-bond donors (Lipinski definition) is 1. The van der Waals surface area contributed by atoms with Gasteiger partial charge >= 0.3 is 6.18 Å². The molecule has 5 nitrogen and oxygen atoms in total. The minimum atomic E-state index is -4.39. The van der Waals surface area contributed by atoms with E-state index in [2.05, 4.69) is 15.3 Å². The van der Waals surface area contributed by atoms with Crippen molar-refractivity contribution in [3.8, 4) is 0 Å². The first-order valence-corrected chi connectivity index (χ1v) is 9.34. The largest absolute Gasteiger partial charge is 0.417 e. The molecule has 4 rings (SSSR count). The van der Waals surface area contributed by atoms with Crippen LogP contribution in [-0.4, -0.2) is 39.9 Å². The van der Waals surface area contributed by atoms with E-state index in [9.17, 15) is 18.0 Å². The number of hydrogen-bond acceptors (Lipinski definition) is 4. The number of nitrogens with zero attached hydrogens (tertiary/aromatic N) is 3. The van der Waals surface area contributed by atoms with Crippen molar-refractivity contribution >= 4 is 11.7 Å². The van der Waals surface area contributed by atoms with E-state index in [-0.39, 0.29) is 18.0 Å². The monoisotopic (exact) mass is 390 g/mol. The molecule has 0 saturated heterocycles. The summed E-state index contributed by atoms with van der Waals surface area (Å²) in [6.07, 6.45) is 1.85. The number of carbonyl (C=O) groups is 1. The second-order valence-electron chi connectivity index (χ2n) is 7.56. The summed E-state index contributed by atoms with van der Waals surface area (Å²) in [6.45, 7) is 0. The molecule has 28 heavy (non-hydrogen) atoms. The first-order chi connectivity index (χ1) is 13.3. The summed E-state index contributed by atoms with van der Waals surface area (Å²) in [5.74, 6) is 0.876. The fourth-order valence-electron chi connectivity index (χ4n) is 3.43. The molecule has 2 aromatic rings. The van der Waals surface area contributed by atoms with Crippen molar-refractivity contribution in [3.05, 3.63) is 53.5 Å². The number of nitrogens with one attached hydrogen (secondary N) is 1. The van der Waals surface area contributed by atoms with E-state index < -0.39 is 11.7 Å². The van der Waals surface area contributed by atoms with Gasteiger partial charge in [0.15, 0.2) is 0 Å². The number of carbonyl (C=O) groups excluding carboxylic acids is 1. The van der Waals surface area contributed by atoms with E-state index in [1.54, 1.807) is 24.2 Å². The van der Waals surface area contributed by atoms with Gasteiger partial charge in [-0.25, -0.2) is 4.98 Å². The van der Waals surface area contributed by atoms with Crippen molar-refractivity contribution < 1.29 is 18.0 Å². The minimum absolute atomic E-state index is 0.0274. The summed E-state index contributed by atoms with van der Waals surface area (Å²) in [6, 6.07) is 6.16. The van der Waals surface area contributed by atoms with E-state index in [0.29, 0.717) is 17.3 Å². The molecule has 0 aromatic carbocycles. The third-order valence-corrected chi connectivity index (χ3v) is 5.45. The zero-order valence-corrected chi connectivity index (χ0v) is 15.4. The number of alkyl halides is 3. The van der Waals surface area contributed by atoms with E-state index in [1.165, 1.54) is 6.07 Å². The maximum atomic E-state index is 12.7. The summed E-state index contributed by atoms with van der Waals surface area (Å²) in [5.41, 5.74) is 0.874. The lowest BCUT2D eigenvalue weighted by Crippen LogP contribution is -2.50. The number of rotatable bonds is 5. The van der Waals surface area contributed by atoms with E-state index in [1.807, 2.05) is 6.07 Å². The standard InChI is InChI=1S/C20H21F3N4O/c1-27(19(28)13-6-7-24-17(8-13)12-2-3-12)16-9-15(10-16)26-18-5-4-14(11-25-18)20(21,22)23/h4-8,11-12,15-16H,2-3,9-10H2,1H3,(H,25,26). The predicted molar refractivity (Wildman–Crippen MR) is 98.0 cm³/mol. The third kappa shape index (κ3) is 3.95. The molecule has 2 saturated carbocycles. The van der Waals surface area contributed by atoms with Gasteiger partial charge in [-0.15, -0.1) is 0 Å². The van der Waals surface area contributed by atoms with Crippen LogP contribution in [0, 0.1) is 0 Å². The van der Waals surface area contributed by atoms with Gasteiger partial charge in [-0.05, 0) is 49.9 Å². The summed E-state index contributed by atoms with van der Waals surface area (Å²) in [4.78, 5) is 22.6. The Morgan fingerprint density at radius 2 is 1.93 bits per heavy atom. The molecular weight excluding hydrogens is 369 g/mol. The van der Waals surface area contributed by atoms with Gasteiger partial charge in [0.2, 0.25) is 0 Å². The van der Waals surface area contributed by atoms with Crippen LogP contribution >= 0.6 is 0 Å². The Labute approximate surface area is 161 Å². The van der Waals surface area contributed by atoms with Crippen molar-refractivity contribution in [3.63, 3.8) is 0 Å². The van der Waals surface area contributed by atoms with Crippen LogP contribution in [0.3, 0.4) is 0 Å². The molecule has 1 N–H and O–H groups in total. The highest BCUT2D eigenvalue weighted by Gasteiger charge is 2.35. The van der Waals surface area contributed by atoms with Gasteiger partial charge in [-0.2, -0.15) is 13.2 Å². The Morgan fingerprint density at radius 1 is 1.18 bits per heavy atom. The lowest BCUT2D eigenvalue weighted by atomic mass is 9.85. The van der Waals surface area contributed by atoms with Gasteiger partial charge < -0.3 is 10.2 Å². The predicted octanol–water partition coefficient (Wildman–Crippen LogP) is 4.09. The normalized spacial score (nSPS) is 21.7. The molecular formula is C20H21F3N4O. The van der Waals surface area contributed by atoms with Crippen LogP contribution < -0.4 is 5.32 Å². The Balaban J connectivity index is 1.31. The summed E-state index contributed by atoms with van der Waals surface area (Å²) in [5, 5.41) is 3.13. The molecule has 2 fully saturated rings. The molecule has 2 aliphatic rings. The minimum Gasteiger partial charge on any atom is -0.367 e. The van der Waals surface area contributed by atoms with Gasteiger partial charge in [0.05, 0.1) is 5.56 Å². The first-order valence-electron chi connectivity index (χ1n) is 9.34. The summed E-state index contributed by atoms with van der Waals surface area (Å²) >= 11 is 0. The van der Waals surface area contributed by atoms with Gasteiger partial charge in [0.25, 0.3) is 5.91 Å². The Kier molecular flexibility index (Phi) is 4.72. The fourth-order valence-corrected chi connectivity index (χ4v) is 3.43. The van der Waals surface area contributed by atoms with E-state index in [0.717, 1.165) is 43.6 Å². The fraction of sp³-hybridized carbons (Fsp3) is 0.450. The average molecular weight is 390 g/mol. The van der Waals surface area contributed by atoms with Crippen molar-refractivity contribution in [2.24, 2.45) is 0 Å².